The Balaban J connectivity index is 1.73. The number of rotatable bonds is 6. The summed E-state index contributed by atoms with van der Waals surface area (Å²) in [6.45, 7) is 1.41. The number of nitrogens with zero attached hydrogens (tertiary/aromatic N) is 3. The molecule has 3 rings (SSSR count). The summed E-state index contributed by atoms with van der Waals surface area (Å²) in [6.07, 6.45) is 4.99. The Morgan fingerprint density at radius 2 is 1.72 bits per heavy atom. The van der Waals surface area contributed by atoms with Crippen LogP contribution in [0.15, 0.2) is 71.9 Å². The molecule has 0 N–H and O–H groups in total. The topological polar surface area (TPSA) is 55.2 Å². The number of anilines is 1. The minimum atomic E-state index is -3.17. The number of hydrogen-bond donors (Lipinski definition) is 0. The molecule has 2 aromatic carbocycles. The first-order chi connectivity index (χ1) is 11.9. The number of aromatic nitrogens is 2. The van der Waals surface area contributed by atoms with Crippen molar-refractivity contribution in [1.29, 1.82) is 0 Å². The molecule has 0 aliphatic rings. The Hall–Kier alpha value is -2.60. The van der Waals surface area contributed by atoms with E-state index in [-0.39, 0.29) is 0 Å². The third-order valence-electron chi connectivity index (χ3n) is 4.08. The van der Waals surface area contributed by atoms with E-state index < -0.39 is 9.84 Å². The van der Waals surface area contributed by atoms with Gasteiger partial charge in [0.15, 0.2) is 9.84 Å². The maximum Gasteiger partial charge on any atom is 0.175 e. The van der Waals surface area contributed by atoms with Crippen LogP contribution >= 0.6 is 0 Å². The SMILES string of the molecule is CN(Cc1nccn1Cc1ccccc1)c1ccc(S(C)(=O)=O)cc1. The average molecular weight is 355 g/mol. The van der Waals surface area contributed by atoms with E-state index in [0.29, 0.717) is 11.4 Å². The average Bonchev–Trinajstić information content (AvgIpc) is 3.02. The van der Waals surface area contributed by atoms with Gasteiger partial charge in [-0.1, -0.05) is 30.3 Å². The van der Waals surface area contributed by atoms with Crippen LogP contribution in [-0.2, 0) is 22.9 Å². The molecule has 0 amide bonds. The fraction of sp³-hybridized carbons (Fsp3) is 0.211. The molecule has 0 aliphatic heterocycles. The minimum absolute atomic E-state index is 0.329. The number of hydrogen-bond acceptors (Lipinski definition) is 4. The van der Waals surface area contributed by atoms with Gasteiger partial charge in [0.2, 0.25) is 0 Å². The van der Waals surface area contributed by atoms with Crippen LogP contribution in [0.5, 0.6) is 0 Å². The number of sulfone groups is 1. The molecular formula is C19H21N3O2S. The molecule has 3 aromatic rings. The van der Waals surface area contributed by atoms with Crippen LogP contribution < -0.4 is 4.90 Å². The van der Waals surface area contributed by atoms with E-state index >= 15 is 0 Å². The van der Waals surface area contributed by atoms with Crippen LogP contribution in [0.3, 0.4) is 0 Å². The summed E-state index contributed by atoms with van der Waals surface area (Å²) < 4.78 is 25.2. The van der Waals surface area contributed by atoms with Gasteiger partial charge < -0.3 is 9.47 Å². The summed E-state index contributed by atoms with van der Waals surface area (Å²) in [5.41, 5.74) is 2.17. The Morgan fingerprint density at radius 3 is 2.36 bits per heavy atom. The lowest BCUT2D eigenvalue weighted by molar-refractivity contribution is 0.602. The van der Waals surface area contributed by atoms with E-state index in [2.05, 4.69) is 26.6 Å². The molecule has 0 unspecified atom stereocenters. The Labute approximate surface area is 148 Å². The zero-order chi connectivity index (χ0) is 17.9. The quantitative estimate of drug-likeness (QED) is 0.682. The van der Waals surface area contributed by atoms with Gasteiger partial charge in [-0.3, -0.25) is 0 Å². The fourth-order valence-corrected chi connectivity index (χ4v) is 3.30. The van der Waals surface area contributed by atoms with Crippen molar-refractivity contribution < 1.29 is 8.42 Å². The van der Waals surface area contributed by atoms with Crippen molar-refractivity contribution in [3.05, 3.63) is 78.4 Å². The van der Waals surface area contributed by atoms with Crippen LogP contribution in [0.1, 0.15) is 11.4 Å². The lowest BCUT2D eigenvalue weighted by atomic mass is 10.2. The van der Waals surface area contributed by atoms with Crippen molar-refractivity contribution >= 4 is 15.5 Å². The van der Waals surface area contributed by atoms with E-state index in [9.17, 15) is 8.42 Å². The smallest absolute Gasteiger partial charge is 0.175 e. The van der Waals surface area contributed by atoms with Crippen molar-refractivity contribution in [3.8, 4) is 0 Å². The summed E-state index contributed by atoms with van der Waals surface area (Å²) in [5.74, 6) is 0.957. The predicted molar refractivity (Wildman–Crippen MR) is 99.4 cm³/mol. The molecule has 0 saturated heterocycles. The summed E-state index contributed by atoms with van der Waals surface area (Å²) in [5, 5.41) is 0. The summed E-state index contributed by atoms with van der Waals surface area (Å²) in [4.78, 5) is 6.84. The van der Waals surface area contributed by atoms with Crippen LogP contribution in [0.2, 0.25) is 0 Å². The zero-order valence-electron chi connectivity index (χ0n) is 14.3. The summed E-state index contributed by atoms with van der Waals surface area (Å²) in [7, 11) is -1.20. The molecule has 1 heterocycles. The van der Waals surface area contributed by atoms with Crippen LogP contribution in [0.25, 0.3) is 0 Å². The summed E-state index contributed by atoms with van der Waals surface area (Å²) in [6, 6.07) is 17.2. The first kappa shape index (κ1) is 17.2. The van der Waals surface area contributed by atoms with Crippen LogP contribution in [-0.4, -0.2) is 31.3 Å². The highest BCUT2D eigenvalue weighted by atomic mass is 32.2. The maximum absolute atomic E-state index is 11.6. The lowest BCUT2D eigenvalue weighted by Gasteiger charge is -2.20. The van der Waals surface area contributed by atoms with Crippen LogP contribution in [0, 0.1) is 0 Å². The van der Waals surface area contributed by atoms with E-state index in [1.54, 1.807) is 18.3 Å². The molecule has 130 valence electrons. The van der Waals surface area contributed by atoms with Gasteiger partial charge in [0.05, 0.1) is 11.4 Å². The lowest BCUT2D eigenvalue weighted by Crippen LogP contribution is -2.20. The molecule has 0 spiro atoms. The molecule has 5 nitrogen and oxygen atoms in total. The molecule has 0 atom stereocenters. The van der Waals surface area contributed by atoms with E-state index in [1.807, 2.05) is 43.6 Å². The molecule has 0 aliphatic carbocycles. The van der Waals surface area contributed by atoms with Gasteiger partial charge in [0, 0.05) is 37.9 Å². The molecule has 0 saturated carbocycles. The third kappa shape index (κ3) is 4.28. The highest BCUT2D eigenvalue weighted by molar-refractivity contribution is 7.90. The standard InChI is InChI=1S/C19H21N3O2S/c1-21(17-8-10-18(11-9-17)25(2,23)24)15-19-20-12-13-22(19)14-16-6-4-3-5-7-16/h3-13H,14-15H2,1-2H3. The van der Waals surface area contributed by atoms with Gasteiger partial charge in [-0.05, 0) is 29.8 Å². The van der Waals surface area contributed by atoms with Crippen molar-refractivity contribution in [2.75, 3.05) is 18.2 Å². The van der Waals surface area contributed by atoms with E-state index in [0.717, 1.165) is 18.1 Å². The van der Waals surface area contributed by atoms with Crippen LogP contribution in [0.4, 0.5) is 5.69 Å². The van der Waals surface area contributed by atoms with Gasteiger partial charge in [-0.2, -0.15) is 0 Å². The third-order valence-corrected chi connectivity index (χ3v) is 5.21. The second kappa shape index (κ2) is 7.11. The van der Waals surface area contributed by atoms with Crippen molar-refractivity contribution in [2.45, 2.75) is 18.0 Å². The van der Waals surface area contributed by atoms with Gasteiger partial charge in [-0.15, -0.1) is 0 Å². The Bertz CT molecular complexity index is 932. The second-order valence-corrected chi connectivity index (χ2v) is 8.09. The first-order valence-electron chi connectivity index (χ1n) is 7.99. The number of imidazole rings is 1. The Kier molecular flexibility index (Phi) is 4.90. The van der Waals surface area contributed by atoms with Gasteiger partial charge >= 0.3 is 0 Å². The normalized spacial score (nSPS) is 11.4. The van der Waals surface area contributed by atoms with Gasteiger partial charge in [0.1, 0.15) is 5.82 Å². The largest absolute Gasteiger partial charge is 0.367 e. The van der Waals surface area contributed by atoms with E-state index in [1.165, 1.54) is 11.8 Å². The fourth-order valence-electron chi connectivity index (χ4n) is 2.67. The molecular weight excluding hydrogens is 334 g/mol. The van der Waals surface area contributed by atoms with Gasteiger partial charge in [0.25, 0.3) is 0 Å². The first-order valence-corrected chi connectivity index (χ1v) is 9.88. The second-order valence-electron chi connectivity index (χ2n) is 6.08. The minimum Gasteiger partial charge on any atom is -0.367 e. The molecule has 1 aromatic heterocycles. The molecule has 0 radical (unpaired) electrons. The summed E-state index contributed by atoms with van der Waals surface area (Å²) >= 11 is 0. The van der Waals surface area contributed by atoms with E-state index in [4.69, 9.17) is 0 Å². The van der Waals surface area contributed by atoms with Gasteiger partial charge in [-0.25, -0.2) is 13.4 Å². The predicted octanol–water partition coefficient (Wildman–Crippen LogP) is 2.97. The Morgan fingerprint density at radius 1 is 1.04 bits per heavy atom. The van der Waals surface area contributed by atoms with Crippen molar-refractivity contribution in [2.24, 2.45) is 0 Å². The van der Waals surface area contributed by atoms with Crippen molar-refractivity contribution in [1.82, 2.24) is 9.55 Å². The number of benzene rings is 2. The molecule has 0 fully saturated rings. The maximum atomic E-state index is 11.6. The highest BCUT2D eigenvalue weighted by Gasteiger charge is 2.10. The molecule has 25 heavy (non-hydrogen) atoms. The molecule has 6 heteroatoms. The highest BCUT2D eigenvalue weighted by Crippen LogP contribution is 2.18. The van der Waals surface area contributed by atoms with Crippen molar-refractivity contribution in [3.63, 3.8) is 0 Å². The monoisotopic (exact) mass is 355 g/mol. The molecule has 0 bridgehead atoms. The zero-order valence-corrected chi connectivity index (χ0v) is 15.1.